The molecule has 0 saturated heterocycles. The van der Waals surface area contributed by atoms with E-state index in [4.69, 9.17) is 14.4 Å². The van der Waals surface area contributed by atoms with Crippen LogP contribution in [0.5, 0.6) is 0 Å². The Morgan fingerprint density at radius 2 is 1.40 bits per heavy atom. The van der Waals surface area contributed by atoms with Crippen LogP contribution < -0.4 is 4.90 Å². The predicted octanol–water partition coefficient (Wildman–Crippen LogP) is 9.19. The Kier molecular flexibility index (Phi) is 4.27. The van der Waals surface area contributed by atoms with E-state index in [-0.39, 0.29) is 0 Å². The van der Waals surface area contributed by atoms with Crippen molar-refractivity contribution in [2.45, 2.75) is 0 Å². The zero-order chi connectivity index (χ0) is 26.2. The molecule has 1 aliphatic heterocycles. The minimum Gasteiger partial charge on any atom is -0.452 e. The van der Waals surface area contributed by atoms with E-state index < -0.39 is 0 Å². The van der Waals surface area contributed by atoms with Gasteiger partial charge < -0.3 is 4.42 Å². The predicted molar refractivity (Wildman–Crippen MR) is 161 cm³/mol. The minimum atomic E-state index is 0.583. The minimum absolute atomic E-state index is 0.583. The van der Waals surface area contributed by atoms with Crippen molar-refractivity contribution < 1.29 is 4.42 Å². The quantitative estimate of drug-likeness (QED) is 0.231. The lowest BCUT2D eigenvalue weighted by Crippen LogP contribution is -2.18. The first-order valence-corrected chi connectivity index (χ1v) is 13.3. The van der Waals surface area contributed by atoms with Gasteiger partial charge >= 0.3 is 0 Å². The van der Waals surface area contributed by atoms with Gasteiger partial charge in [-0.05, 0) is 46.7 Å². The van der Waals surface area contributed by atoms with Gasteiger partial charge in [0.1, 0.15) is 16.8 Å². The van der Waals surface area contributed by atoms with Crippen LogP contribution in [0.1, 0.15) is 0 Å². The summed E-state index contributed by atoms with van der Waals surface area (Å²) in [5.74, 6) is 0.583. The number of hydrogen-bond donors (Lipinski definition) is 0. The second-order valence-corrected chi connectivity index (χ2v) is 10.1. The lowest BCUT2D eigenvalue weighted by atomic mass is 9.89. The first-order valence-electron chi connectivity index (χ1n) is 13.3. The van der Waals surface area contributed by atoms with Crippen LogP contribution in [0.15, 0.2) is 126 Å². The summed E-state index contributed by atoms with van der Waals surface area (Å²) in [4.78, 5) is 17.3. The van der Waals surface area contributed by atoms with Crippen molar-refractivity contribution in [2.75, 3.05) is 4.90 Å². The first kappa shape index (κ1) is 21.4. The van der Waals surface area contributed by atoms with Crippen molar-refractivity contribution in [3.8, 4) is 22.5 Å². The number of aromatic nitrogens is 3. The van der Waals surface area contributed by atoms with Crippen molar-refractivity contribution in [1.82, 2.24) is 15.0 Å². The van der Waals surface area contributed by atoms with Crippen LogP contribution >= 0.6 is 0 Å². The van der Waals surface area contributed by atoms with Gasteiger partial charge in [0.15, 0.2) is 5.58 Å². The van der Waals surface area contributed by atoms with Gasteiger partial charge in [0, 0.05) is 27.9 Å². The third kappa shape index (κ3) is 2.89. The average Bonchev–Trinajstić information content (AvgIpc) is 3.40. The van der Waals surface area contributed by atoms with Gasteiger partial charge in [-0.2, -0.15) is 0 Å². The average molecular weight is 513 g/mol. The number of nitrogens with zero attached hydrogens (tertiary/aromatic N) is 4. The maximum Gasteiger partial charge on any atom is 0.236 e. The van der Waals surface area contributed by atoms with Crippen LogP contribution in [0.4, 0.5) is 17.3 Å². The highest BCUT2D eigenvalue weighted by atomic mass is 16.3. The van der Waals surface area contributed by atoms with E-state index in [9.17, 15) is 0 Å². The number of anilines is 3. The normalized spacial score (nSPS) is 12.4. The number of furan rings is 1. The second-order valence-electron chi connectivity index (χ2n) is 10.1. The zero-order valence-corrected chi connectivity index (χ0v) is 21.2. The van der Waals surface area contributed by atoms with Gasteiger partial charge in [0.05, 0.1) is 17.1 Å². The van der Waals surface area contributed by atoms with Crippen molar-refractivity contribution in [3.63, 3.8) is 0 Å². The molecule has 5 aromatic carbocycles. The summed E-state index contributed by atoms with van der Waals surface area (Å²) >= 11 is 0. The van der Waals surface area contributed by atoms with E-state index >= 15 is 0 Å². The molecule has 0 fully saturated rings. The summed E-state index contributed by atoms with van der Waals surface area (Å²) in [5, 5.41) is 5.63. The molecule has 40 heavy (non-hydrogen) atoms. The molecule has 0 aliphatic carbocycles. The number of hydrogen-bond acceptors (Lipinski definition) is 5. The maximum atomic E-state index is 6.35. The summed E-state index contributed by atoms with van der Waals surface area (Å²) in [6.45, 7) is 0. The summed E-state index contributed by atoms with van der Waals surface area (Å²) in [6, 6.07) is 39.7. The molecular formula is C35H20N4O. The fourth-order valence-electron chi connectivity index (χ4n) is 6.13. The van der Waals surface area contributed by atoms with Gasteiger partial charge in [-0.3, -0.25) is 9.88 Å². The zero-order valence-electron chi connectivity index (χ0n) is 21.2. The molecule has 0 spiro atoms. The van der Waals surface area contributed by atoms with Gasteiger partial charge in [0.2, 0.25) is 5.95 Å². The van der Waals surface area contributed by atoms with E-state index in [1.54, 1.807) is 6.20 Å². The second kappa shape index (κ2) is 7.98. The lowest BCUT2D eigenvalue weighted by Gasteiger charge is -2.33. The van der Waals surface area contributed by atoms with Gasteiger partial charge in [-0.15, -0.1) is 0 Å². The molecule has 0 radical (unpaired) electrons. The lowest BCUT2D eigenvalue weighted by molar-refractivity contribution is 0.667. The molecule has 0 bridgehead atoms. The molecule has 5 heteroatoms. The number of para-hydroxylation sites is 1. The Bertz CT molecular complexity index is 2280. The van der Waals surface area contributed by atoms with Crippen LogP contribution in [0.2, 0.25) is 0 Å². The molecule has 8 aromatic rings. The third-order valence-electron chi connectivity index (χ3n) is 7.85. The smallest absolute Gasteiger partial charge is 0.236 e. The topological polar surface area (TPSA) is 55.1 Å². The van der Waals surface area contributed by atoms with Gasteiger partial charge in [-0.25, -0.2) is 9.97 Å². The summed E-state index contributed by atoms with van der Waals surface area (Å²) in [6.07, 6.45) is 1.78. The number of benzene rings is 5. The Labute approximate surface area is 229 Å². The van der Waals surface area contributed by atoms with Crippen LogP contribution in [0.3, 0.4) is 0 Å². The molecule has 0 amide bonds. The molecule has 9 rings (SSSR count). The van der Waals surface area contributed by atoms with E-state index in [2.05, 4.69) is 88.7 Å². The molecule has 0 saturated carbocycles. The van der Waals surface area contributed by atoms with Crippen molar-refractivity contribution in [2.24, 2.45) is 0 Å². The highest BCUT2D eigenvalue weighted by Crippen LogP contribution is 2.53. The molecule has 4 heterocycles. The standard InChI is InChI=1S/C35H20N4O/c1-2-12-23-21(9-1)18-19-25-24-14-7-10-22-11-8-16-28(30(22)24)39(33(23)25)35-37-31-26-13-3-4-17-29(26)40-34(31)32(38-35)27-15-5-6-20-36-27/h1-20H. The van der Waals surface area contributed by atoms with Crippen LogP contribution in [-0.2, 0) is 0 Å². The Balaban J connectivity index is 1.46. The molecule has 0 unspecified atom stereocenters. The first-order chi connectivity index (χ1) is 19.8. The Morgan fingerprint density at radius 1 is 0.600 bits per heavy atom. The monoisotopic (exact) mass is 512 g/mol. The van der Waals surface area contributed by atoms with E-state index in [0.717, 1.165) is 49.9 Å². The molecule has 3 aromatic heterocycles. The Hall–Kier alpha value is -5.55. The SMILES string of the molecule is c1ccc(-c2nc(N3c4c(ccc5ccccc45)-c4cccc5cccc3c45)nc3c2oc2ccccc23)nc1. The third-order valence-corrected chi connectivity index (χ3v) is 7.85. The molecule has 0 N–H and O–H groups in total. The fraction of sp³-hybridized carbons (Fsp3) is 0. The van der Waals surface area contributed by atoms with Crippen LogP contribution in [0.25, 0.3) is 66.1 Å². The number of fused-ring (bicyclic) bond motifs is 7. The van der Waals surface area contributed by atoms with E-state index in [1.165, 1.54) is 16.3 Å². The van der Waals surface area contributed by atoms with Crippen molar-refractivity contribution >= 4 is 60.9 Å². The summed E-state index contributed by atoms with van der Waals surface area (Å²) in [7, 11) is 0. The molecule has 1 aliphatic rings. The van der Waals surface area contributed by atoms with E-state index in [0.29, 0.717) is 17.2 Å². The van der Waals surface area contributed by atoms with Crippen LogP contribution in [-0.4, -0.2) is 15.0 Å². The van der Waals surface area contributed by atoms with Crippen LogP contribution in [0, 0.1) is 0 Å². The number of pyridine rings is 1. The van der Waals surface area contributed by atoms with Crippen molar-refractivity contribution in [3.05, 3.63) is 121 Å². The highest BCUT2D eigenvalue weighted by molar-refractivity contribution is 6.18. The van der Waals surface area contributed by atoms with Gasteiger partial charge in [0.25, 0.3) is 0 Å². The molecule has 186 valence electrons. The molecule has 5 nitrogen and oxygen atoms in total. The largest absolute Gasteiger partial charge is 0.452 e. The summed E-state index contributed by atoms with van der Waals surface area (Å²) in [5.41, 5.74) is 8.09. The fourth-order valence-corrected chi connectivity index (χ4v) is 6.13. The summed E-state index contributed by atoms with van der Waals surface area (Å²) < 4.78 is 6.35. The maximum absolute atomic E-state index is 6.35. The van der Waals surface area contributed by atoms with Crippen molar-refractivity contribution in [1.29, 1.82) is 0 Å². The van der Waals surface area contributed by atoms with E-state index in [1.807, 2.05) is 36.4 Å². The highest BCUT2D eigenvalue weighted by Gasteiger charge is 2.30. The molecular weight excluding hydrogens is 492 g/mol. The molecule has 0 atom stereocenters. The van der Waals surface area contributed by atoms with Gasteiger partial charge in [-0.1, -0.05) is 84.9 Å². The Morgan fingerprint density at radius 3 is 2.30 bits per heavy atom. The number of rotatable bonds is 2.